The summed E-state index contributed by atoms with van der Waals surface area (Å²) in [5.74, 6) is -0.847. The first kappa shape index (κ1) is 28.6. The standard InChI is InChI=1S/C28H32FN3O5S/c1-4-30-28(34)21(2)31(18-22-10-12-24(29)13-11-22)27(33)19-32(38(3,35)36)25-14-16-26(17-15-25)37-20-23-8-6-5-7-9-23/h5-17,21H,4,18-20H2,1-3H3,(H,30,34). The molecule has 1 atom stereocenters. The van der Waals surface area contributed by atoms with E-state index in [1.807, 2.05) is 30.3 Å². The number of anilines is 1. The Labute approximate surface area is 223 Å². The number of ether oxygens (including phenoxy) is 1. The van der Waals surface area contributed by atoms with E-state index in [9.17, 15) is 22.4 Å². The van der Waals surface area contributed by atoms with Crippen molar-refractivity contribution in [3.8, 4) is 5.75 Å². The average Bonchev–Trinajstić information content (AvgIpc) is 2.90. The van der Waals surface area contributed by atoms with Crippen LogP contribution in [0.3, 0.4) is 0 Å². The molecule has 38 heavy (non-hydrogen) atoms. The van der Waals surface area contributed by atoms with Gasteiger partial charge in [0.2, 0.25) is 21.8 Å². The van der Waals surface area contributed by atoms with Crippen LogP contribution in [-0.4, -0.2) is 50.5 Å². The number of halogens is 1. The van der Waals surface area contributed by atoms with Crippen molar-refractivity contribution in [1.29, 1.82) is 0 Å². The summed E-state index contributed by atoms with van der Waals surface area (Å²) in [6.07, 6.45) is 1.01. The van der Waals surface area contributed by atoms with E-state index in [2.05, 4.69) is 5.32 Å². The molecule has 0 radical (unpaired) electrons. The molecule has 0 aliphatic rings. The molecule has 0 aliphatic heterocycles. The van der Waals surface area contributed by atoms with Gasteiger partial charge in [0.15, 0.2) is 0 Å². The zero-order chi connectivity index (χ0) is 27.7. The number of carbonyl (C=O) groups is 2. The number of amides is 2. The van der Waals surface area contributed by atoms with Crippen molar-refractivity contribution in [2.45, 2.75) is 33.0 Å². The Morgan fingerprint density at radius 1 is 0.947 bits per heavy atom. The number of carbonyl (C=O) groups excluding carboxylic acids is 2. The summed E-state index contributed by atoms with van der Waals surface area (Å²) in [4.78, 5) is 27.3. The van der Waals surface area contributed by atoms with Gasteiger partial charge in [-0.15, -0.1) is 0 Å². The molecular formula is C28H32FN3O5S. The Kier molecular flexibility index (Phi) is 9.84. The maximum atomic E-state index is 13.5. The molecule has 0 heterocycles. The number of rotatable bonds is 12. The van der Waals surface area contributed by atoms with Crippen molar-refractivity contribution < 1.29 is 27.1 Å². The SMILES string of the molecule is CCNC(=O)C(C)N(Cc1ccc(F)cc1)C(=O)CN(c1ccc(OCc2ccccc2)cc1)S(C)(=O)=O. The lowest BCUT2D eigenvalue weighted by atomic mass is 10.1. The van der Waals surface area contributed by atoms with Crippen molar-refractivity contribution in [2.75, 3.05) is 23.7 Å². The fraction of sp³-hybridized carbons (Fsp3) is 0.286. The smallest absolute Gasteiger partial charge is 0.244 e. The van der Waals surface area contributed by atoms with Crippen LogP contribution in [-0.2, 0) is 32.8 Å². The summed E-state index contributed by atoms with van der Waals surface area (Å²) in [6, 6.07) is 20.7. The third-order valence-electron chi connectivity index (χ3n) is 5.84. The van der Waals surface area contributed by atoms with E-state index in [0.717, 1.165) is 16.1 Å². The van der Waals surface area contributed by atoms with Gasteiger partial charge in [-0.05, 0) is 61.4 Å². The number of nitrogens with one attached hydrogen (secondary N) is 1. The van der Waals surface area contributed by atoms with E-state index in [-0.39, 0.29) is 18.1 Å². The predicted octanol–water partition coefficient (Wildman–Crippen LogP) is 3.72. The summed E-state index contributed by atoms with van der Waals surface area (Å²) in [5.41, 5.74) is 1.87. The highest BCUT2D eigenvalue weighted by Gasteiger charge is 2.30. The third-order valence-corrected chi connectivity index (χ3v) is 6.98. The molecule has 202 valence electrons. The monoisotopic (exact) mass is 541 g/mol. The highest BCUT2D eigenvalue weighted by atomic mass is 32.2. The highest BCUT2D eigenvalue weighted by Crippen LogP contribution is 2.23. The van der Waals surface area contributed by atoms with Gasteiger partial charge in [0.05, 0.1) is 11.9 Å². The zero-order valence-corrected chi connectivity index (χ0v) is 22.4. The van der Waals surface area contributed by atoms with Crippen LogP contribution in [0, 0.1) is 5.82 Å². The maximum Gasteiger partial charge on any atom is 0.244 e. The molecule has 3 rings (SSSR count). The number of hydrogen-bond donors (Lipinski definition) is 1. The van der Waals surface area contributed by atoms with E-state index in [1.54, 1.807) is 38.1 Å². The lowest BCUT2D eigenvalue weighted by molar-refractivity contribution is -0.139. The molecule has 3 aromatic rings. The topological polar surface area (TPSA) is 96.0 Å². The van der Waals surface area contributed by atoms with Crippen molar-refractivity contribution in [1.82, 2.24) is 10.2 Å². The van der Waals surface area contributed by atoms with Crippen molar-refractivity contribution in [2.24, 2.45) is 0 Å². The van der Waals surface area contributed by atoms with Gasteiger partial charge in [0.1, 0.15) is 30.8 Å². The Morgan fingerprint density at radius 2 is 1.58 bits per heavy atom. The second kappa shape index (κ2) is 13.0. The minimum atomic E-state index is -3.85. The average molecular weight is 542 g/mol. The van der Waals surface area contributed by atoms with Crippen LogP contribution in [0.5, 0.6) is 5.75 Å². The van der Waals surface area contributed by atoms with E-state index in [1.165, 1.54) is 29.2 Å². The minimum Gasteiger partial charge on any atom is -0.489 e. The van der Waals surface area contributed by atoms with Crippen LogP contribution >= 0.6 is 0 Å². The number of hydrogen-bond acceptors (Lipinski definition) is 5. The van der Waals surface area contributed by atoms with Gasteiger partial charge < -0.3 is 15.0 Å². The van der Waals surface area contributed by atoms with Gasteiger partial charge in [-0.3, -0.25) is 13.9 Å². The van der Waals surface area contributed by atoms with Crippen LogP contribution in [0.4, 0.5) is 10.1 Å². The molecular weight excluding hydrogens is 509 g/mol. The van der Waals surface area contributed by atoms with Gasteiger partial charge in [-0.25, -0.2) is 12.8 Å². The van der Waals surface area contributed by atoms with E-state index in [0.29, 0.717) is 24.5 Å². The first-order valence-corrected chi connectivity index (χ1v) is 14.0. The van der Waals surface area contributed by atoms with E-state index >= 15 is 0 Å². The van der Waals surface area contributed by atoms with Gasteiger partial charge in [0.25, 0.3) is 0 Å². The van der Waals surface area contributed by atoms with Crippen LogP contribution in [0.25, 0.3) is 0 Å². The fourth-order valence-corrected chi connectivity index (χ4v) is 4.60. The lowest BCUT2D eigenvalue weighted by Crippen LogP contribution is -2.51. The number of benzene rings is 3. The quantitative estimate of drug-likeness (QED) is 0.377. The Bertz CT molecular complexity index is 1320. The molecule has 2 amide bonds. The third kappa shape index (κ3) is 8.04. The number of likely N-dealkylation sites (N-methyl/N-ethyl adjacent to an activating group) is 1. The maximum absolute atomic E-state index is 13.5. The van der Waals surface area contributed by atoms with Gasteiger partial charge >= 0.3 is 0 Å². The van der Waals surface area contributed by atoms with E-state index in [4.69, 9.17) is 4.74 Å². The van der Waals surface area contributed by atoms with Crippen molar-refractivity contribution >= 4 is 27.5 Å². The fourth-order valence-electron chi connectivity index (χ4n) is 3.75. The summed E-state index contributed by atoms with van der Waals surface area (Å²) >= 11 is 0. The Morgan fingerprint density at radius 3 is 2.16 bits per heavy atom. The first-order valence-electron chi connectivity index (χ1n) is 12.1. The molecule has 0 fully saturated rings. The Balaban J connectivity index is 1.80. The van der Waals surface area contributed by atoms with Gasteiger partial charge in [-0.1, -0.05) is 42.5 Å². The van der Waals surface area contributed by atoms with Gasteiger partial charge in [-0.2, -0.15) is 0 Å². The molecule has 1 N–H and O–H groups in total. The molecule has 0 aromatic heterocycles. The lowest BCUT2D eigenvalue weighted by Gasteiger charge is -2.31. The van der Waals surface area contributed by atoms with E-state index < -0.39 is 34.3 Å². The van der Waals surface area contributed by atoms with Crippen LogP contribution < -0.4 is 14.4 Å². The normalized spacial score (nSPS) is 11.9. The zero-order valence-electron chi connectivity index (χ0n) is 21.6. The van der Waals surface area contributed by atoms with Crippen molar-refractivity contribution in [3.05, 3.63) is 95.8 Å². The second-order valence-electron chi connectivity index (χ2n) is 8.76. The molecule has 0 aliphatic carbocycles. The van der Waals surface area contributed by atoms with Gasteiger partial charge in [0, 0.05) is 13.1 Å². The molecule has 1 unspecified atom stereocenters. The van der Waals surface area contributed by atoms with Crippen molar-refractivity contribution in [3.63, 3.8) is 0 Å². The molecule has 10 heteroatoms. The number of sulfonamides is 1. The molecule has 0 bridgehead atoms. The van der Waals surface area contributed by atoms with Crippen LogP contribution in [0.1, 0.15) is 25.0 Å². The molecule has 3 aromatic carbocycles. The van der Waals surface area contributed by atoms with Crippen LogP contribution in [0.2, 0.25) is 0 Å². The largest absolute Gasteiger partial charge is 0.489 e. The summed E-state index contributed by atoms with van der Waals surface area (Å²) < 4.78 is 45.5. The summed E-state index contributed by atoms with van der Waals surface area (Å²) in [5, 5.41) is 2.68. The Hall–Kier alpha value is -3.92. The minimum absolute atomic E-state index is 0.00127. The first-order chi connectivity index (χ1) is 18.1. The summed E-state index contributed by atoms with van der Waals surface area (Å²) in [6.45, 7) is 3.53. The number of nitrogens with zero attached hydrogens (tertiary/aromatic N) is 2. The predicted molar refractivity (Wildman–Crippen MR) is 145 cm³/mol. The van der Waals surface area contributed by atoms with Crippen LogP contribution in [0.15, 0.2) is 78.9 Å². The molecule has 0 saturated carbocycles. The second-order valence-corrected chi connectivity index (χ2v) is 10.7. The molecule has 8 nitrogen and oxygen atoms in total. The molecule has 0 spiro atoms. The molecule has 0 saturated heterocycles. The highest BCUT2D eigenvalue weighted by molar-refractivity contribution is 7.92. The summed E-state index contributed by atoms with van der Waals surface area (Å²) in [7, 11) is -3.85.